The molecule has 0 aliphatic rings. The highest BCUT2D eigenvalue weighted by atomic mass is 16.3. The van der Waals surface area contributed by atoms with Crippen LogP contribution in [0.15, 0.2) is 209 Å². The molecule has 0 amide bonds. The molecule has 3 aromatic heterocycles. The summed E-state index contributed by atoms with van der Waals surface area (Å²) in [7, 11) is 0. The second-order valence-electron chi connectivity index (χ2n) is 15.1. The first-order valence-corrected chi connectivity index (χ1v) is 20.7. The van der Waals surface area contributed by atoms with Gasteiger partial charge >= 0.3 is 0 Å². The standard InChI is InChI=1S/C57H41N3O2/c1-5-36(6-2)38-21-23-39(24-22-38)51-34-52(60-57(59-51)48-18-10-9-15-45(48)37(7-3)35-58-8-4)44-30-42(40-25-27-55-49(32-40)46-16-11-13-19-53(46)61-55)29-43(31-44)41-26-28-56-50(33-41)47-17-12-14-20-54(47)62-56/h5-35H,1,3H2,2,4H3/b36-6+,37-35+,58-8?. The Morgan fingerprint density at radius 1 is 0.484 bits per heavy atom. The SMILES string of the molecule is C=C/C(=C\C)c1ccc(-c2cc(-c3cc(-c4ccc5oc6ccccc6c5c4)cc(-c4ccc5oc6ccccc6c5c4)c3)nc(-c3ccccc3/C(C=C)=C/N=CC)n2)cc1. The normalized spacial score (nSPS) is 12.3. The van der Waals surface area contributed by atoms with Crippen LogP contribution in [0.2, 0.25) is 0 Å². The Morgan fingerprint density at radius 3 is 1.58 bits per heavy atom. The van der Waals surface area contributed by atoms with E-state index in [-0.39, 0.29) is 0 Å². The van der Waals surface area contributed by atoms with E-state index in [1.807, 2.05) is 68.6 Å². The predicted octanol–water partition coefficient (Wildman–Crippen LogP) is 15.8. The number of furan rings is 2. The van der Waals surface area contributed by atoms with Crippen molar-refractivity contribution in [1.82, 2.24) is 9.97 Å². The number of benzene rings is 7. The molecule has 0 N–H and O–H groups in total. The van der Waals surface area contributed by atoms with Gasteiger partial charge < -0.3 is 8.83 Å². The molecule has 0 unspecified atom stereocenters. The van der Waals surface area contributed by atoms with E-state index in [9.17, 15) is 0 Å². The quantitative estimate of drug-likeness (QED) is 0.102. The van der Waals surface area contributed by atoms with Gasteiger partial charge in [-0.15, -0.1) is 0 Å². The minimum absolute atomic E-state index is 0.593. The average Bonchev–Trinajstić information content (AvgIpc) is 3.90. The Kier molecular flexibility index (Phi) is 9.91. The van der Waals surface area contributed by atoms with Crippen LogP contribution in [0.3, 0.4) is 0 Å². The van der Waals surface area contributed by atoms with Crippen LogP contribution in [0.1, 0.15) is 25.0 Å². The second kappa shape index (κ2) is 16.1. The third-order valence-electron chi connectivity index (χ3n) is 11.5. The number of nitrogens with zero attached hydrogens (tertiary/aromatic N) is 3. The summed E-state index contributed by atoms with van der Waals surface area (Å²) in [6.45, 7) is 12.1. The van der Waals surface area contributed by atoms with Crippen molar-refractivity contribution in [2.24, 2.45) is 4.99 Å². The molecule has 10 rings (SSSR count). The lowest BCUT2D eigenvalue weighted by Gasteiger charge is -2.15. The van der Waals surface area contributed by atoms with Gasteiger partial charge in [0.2, 0.25) is 0 Å². The molecule has 0 fully saturated rings. The number of aliphatic imine (C=N–C) groups is 1. The van der Waals surface area contributed by atoms with Gasteiger partial charge in [-0.2, -0.15) is 0 Å². The summed E-state index contributed by atoms with van der Waals surface area (Å²) < 4.78 is 12.5. The number of allylic oxidation sites excluding steroid dienone is 5. The Morgan fingerprint density at radius 2 is 1.00 bits per heavy atom. The Hall–Kier alpha value is -8.15. The fourth-order valence-electron chi connectivity index (χ4n) is 8.34. The zero-order valence-electron chi connectivity index (χ0n) is 34.5. The lowest BCUT2D eigenvalue weighted by atomic mass is 9.93. The van der Waals surface area contributed by atoms with E-state index in [1.165, 1.54) is 0 Å². The van der Waals surface area contributed by atoms with Gasteiger partial charge in [0.05, 0.1) is 11.4 Å². The van der Waals surface area contributed by atoms with Crippen molar-refractivity contribution in [1.29, 1.82) is 0 Å². The molecule has 296 valence electrons. The summed E-state index contributed by atoms with van der Waals surface area (Å²) in [6.07, 6.45) is 9.36. The van der Waals surface area contributed by atoms with E-state index < -0.39 is 0 Å². The van der Waals surface area contributed by atoms with Crippen LogP contribution in [0.4, 0.5) is 0 Å². The fourth-order valence-corrected chi connectivity index (χ4v) is 8.34. The molecule has 0 aliphatic carbocycles. The Labute approximate surface area is 360 Å². The number of hydrogen-bond acceptors (Lipinski definition) is 5. The van der Waals surface area contributed by atoms with Crippen LogP contribution < -0.4 is 0 Å². The molecule has 5 nitrogen and oxygen atoms in total. The van der Waals surface area contributed by atoms with Gasteiger partial charge in [-0.1, -0.05) is 128 Å². The number of aromatic nitrogens is 2. The van der Waals surface area contributed by atoms with Gasteiger partial charge in [0, 0.05) is 56.2 Å². The van der Waals surface area contributed by atoms with Crippen molar-refractivity contribution in [3.05, 3.63) is 206 Å². The molecule has 0 atom stereocenters. The maximum absolute atomic E-state index is 6.25. The minimum Gasteiger partial charge on any atom is -0.456 e. The predicted molar refractivity (Wildman–Crippen MR) is 260 cm³/mol. The monoisotopic (exact) mass is 799 g/mol. The summed E-state index contributed by atoms with van der Waals surface area (Å²) in [5, 5.41) is 4.30. The first-order valence-electron chi connectivity index (χ1n) is 20.7. The summed E-state index contributed by atoms with van der Waals surface area (Å²) in [4.78, 5) is 15.1. The molecule has 62 heavy (non-hydrogen) atoms. The van der Waals surface area contributed by atoms with Crippen LogP contribution in [-0.4, -0.2) is 16.2 Å². The average molecular weight is 800 g/mol. The van der Waals surface area contributed by atoms with Gasteiger partial charge in [-0.3, -0.25) is 4.99 Å². The van der Waals surface area contributed by atoms with E-state index in [0.717, 1.165) is 116 Å². The Bertz CT molecular complexity index is 3340. The highest BCUT2D eigenvalue weighted by molar-refractivity contribution is 6.08. The van der Waals surface area contributed by atoms with Gasteiger partial charge in [-0.05, 0) is 113 Å². The maximum Gasteiger partial charge on any atom is 0.161 e. The second-order valence-corrected chi connectivity index (χ2v) is 15.1. The zero-order chi connectivity index (χ0) is 42.2. The number of rotatable bonds is 10. The molecule has 0 spiro atoms. The lowest BCUT2D eigenvalue weighted by molar-refractivity contribution is 0.668. The van der Waals surface area contributed by atoms with Crippen LogP contribution in [0.5, 0.6) is 0 Å². The molecule has 5 heteroatoms. The van der Waals surface area contributed by atoms with Gasteiger partial charge in [-0.25, -0.2) is 9.97 Å². The van der Waals surface area contributed by atoms with Crippen LogP contribution in [-0.2, 0) is 0 Å². The molecule has 0 saturated carbocycles. The lowest BCUT2D eigenvalue weighted by Crippen LogP contribution is -1.99. The first kappa shape index (κ1) is 38.1. The minimum atomic E-state index is 0.593. The van der Waals surface area contributed by atoms with Crippen LogP contribution >= 0.6 is 0 Å². The first-order chi connectivity index (χ1) is 30.5. The number of fused-ring (bicyclic) bond motifs is 6. The summed E-state index contributed by atoms with van der Waals surface area (Å²) in [5.41, 5.74) is 16.0. The van der Waals surface area contributed by atoms with E-state index in [2.05, 4.69) is 146 Å². The van der Waals surface area contributed by atoms with Crippen molar-refractivity contribution in [3.63, 3.8) is 0 Å². The fraction of sp³-hybridized carbons (Fsp3) is 0.0351. The largest absolute Gasteiger partial charge is 0.456 e. The number of para-hydroxylation sites is 2. The molecule has 0 saturated heterocycles. The Balaban J connectivity index is 1.22. The van der Waals surface area contributed by atoms with Gasteiger partial charge in [0.25, 0.3) is 0 Å². The van der Waals surface area contributed by atoms with Gasteiger partial charge in [0.15, 0.2) is 5.82 Å². The van der Waals surface area contributed by atoms with Crippen molar-refractivity contribution < 1.29 is 8.83 Å². The van der Waals surface area contributed by atoms with E-state index in [0.29, 0.717) is 5.82 Å². The van der Waals surface area contributed by atoms with Gasteiger partial charge in [0.1, 0.15) is 22.3 Å². The molecule has 10 aromatic rings. The van der Waals surface area contributed by atoms with Crippen molar-refractivity contribution >= 4 is 61.2 Å². The molecular weight excluding hydrogens is 759 g/mol. The summed E-state index contributed by atoms with van der Waals surface area (Å²) >= 11 is 0. The molecule has 0 bridgehead atoms. The highest BCUT2D eigenvalue weighted by Gasteiger charge is 2.18. The van der Waals surface area contributed by atoms with Crippen LogP contribution in [0, 0.1) is 0 Å². The molecule has 0 aliphatic heterocycles. The van der Waals surface area contributed by atoms with Crippen LogP contribution in [0.25, 0.3) is 111 Å². The van der Waals surface area contributed by atoms with E-state index in [4.69, 9.17) is 18.8 Å². The highest BCUT2D eigenvalue weighted by Crippen LogP contribution is 2.40. The molecule has 3 heterocycles. The van der Waals surface area contributed by atoms with Crippen molar-refractivity contribution in [2.75, 3.05) is 0 Å². The third-order valence-corrected chi connectivity index (χ3v) is 11.5. The van der Waals surface area contributed by atoms with E-state index >= 15 is 0 Å². The van der Waals surface area contributed by atoms with Crippen molar-refractivity contribution in [3.8, 4) is 56.2 Å². The smallest absolute Gasteiger partial charge is 0.161 e. The molecule has 7 aromatic carbocycles. The molecular formula is C57H41N3O2. The summed E-state index contributed by atoms with van der Waals surface area (Å²) in [5.74, 6) is 0.593. The van der Waals surface area contributed by atoms with Crippen molar-refractivity contribution in [2.45, 2.75) is 13.8 Å². The topological polar surface area (TPSA) is 64.4 Å². The third kappa shape index (κ3) is 6.95. The molecule has 0 radical (unpaired) electrons. The number of hydrogen-bond donors (Lipinski definition) is 0. The summed E-state index contributed by atoms with van der Waals surface area (Å²) in [6, 6.07) is 54.7. The maximum atomic E-state index is 6.25. The zero-order valence-corrected chi connectivity index (χ0v) is 34.5. The van der Waals surface area contributed by atoms with E-state index in [1.54, 1.807) is 6.21 Å².